The Morgan fingerprint density at radius 3 is 1.41 bits per heavy atom. The van der Waals surface area contributed by atoms with E-state index in [-0.39, 0.29) is 38.9 Å². The van der Waals surface area contributed by atoms with Gasteiger partial charge in [0.05, 0.1) is 11.2 Å². The van der Waals surface area contributed by atoms with Crippen LogP contribution in [0.1, 0.15) is 104 Å². The molecule has 6 rings (SSSR count). The predicted octanol–water partition coefficient (Wildman–Crippen LogP) is 4.38. The van der Waals surface area contributed by atoms with Crippen LogP contribution in [0.2, 0.25) is 0 Å². The summed E-state index contributed by atoms with van der Waals surface area (Å²) in [6, 6.07) is 0. The molecule has 0 aliphatic heterocycles. The van der Waals surface area contributed by atoms with Crippen molar-refractivity contribution >= 4 is 47.0 Å². The average Bonchev–Trinajstić information content (AvgIpc) is 2.93. The molecule has 10 unspecified atom stereocenters. The van der Waals surface area contributed by atoms with E-state index < -0.39 is 11.2 Å². The van der Waals surface area contributed by atoms with E-state index in [4.69, 9.17) is 36.7 Å². The SMILES string of the molecule is CC1C2CCCC(/C2=N\N=C(\N)[S-])C2(O)CCCCC12.CC1C2CCCC(/C2=N\N=C(\N)[S-])C2(O)CCCCC12.[Co+2]. The number of nitrogens with two attached hydrogens (primary N) is 2. The van der Waals surface area contributed by atoms with E-state index in [0.717, 1.165) is 75.6 Å². The zero-order valence-electron chi connectivity index (χ0n) is 24.5. The van der Waals surface area contributed by atoms with Gasteiger partial charge in [-0.1, -0.05) is 52.4 Å². The van der Waals surface area contributed by atoms with E-state index in [2.05, 4.69) is 34.3 Å². The first-order chi connectivity index (χ1) is 19.1. The second kappa shape index (κ2) is 13.4. The molecule has 8 nitrogen and oxygen atoms in total. The van der Waals surface area contributed by atoms with Gasteiger partial charge >= 0.3 is 16.8 Å². The largest absolute Gasteiger partial charge is 2.00 e. The third-order valence-corrected chi connectivity index (χ3v) is 11.9. The molecule has 1 radical (unpaired) electrons. The Bertz CT molecular complexity index is 982. The summed E-state index contributed by atoms with van der Waals surface area (Å²) >= 11 is 9.62. The third-order valence-electron chi connectivity index (χ3n) is 11.7. The maximum absolute atomic E-state index is 11.3. The van der Waals surface area contributed by atoms with Crippen molar-refractivity contribution in [1.29, 1.82) is 0 Å². The van der Waals surface area contributed by atoms with Crippen molar-refractivity contribution in [3.8, 4) is 0 Å². The molecule has 231 valence electrons. The molecular weight excluding hydrogens is 599 g/mol. The molecule has 41 heavy (non-hydrogen) atoms. The van der Waals surface area contributed by atoms with Crippen LogP contribution in [-0.4, -0.2) is 43.2 Å². The fraction of sp³-hybridized carbons (Fsp3) is 0.867. The molecule has 10 atom stereocenters. The number of nitrogens with zero attached hydrogens (tertiary/aromatic N) is 4. The molecule has 6 aliphatic rings. The van der Waals surface area contributed by atoms with Crippen molar-refractivity contribution in [3.05, 3.63) is 0 Å². The molecule has 0 aromatic heterocycles. The van der Waals surface area contributed by atoms with Crippen molar-refractivity contribution in [2.45, 2.75) is 115 Å². The second-order valence-electron chi connectivity index (χ2n) is 13.5. The number of fused-ring (bicyclic) bond motifs is 8. The maximum atomic E-state index is 11.3. The van der Waals surface area contributed by atoms with E-state index in [1.54, 1.807) is 0 Å². The molecule has 0 aromatic carbocycles. The molecule has 0 spiro atoms. The Balaban J connectivity index is 0.000000184. The van der Waals surface area contributed by atoms with Crippen molar-refractivity contribution in [2.75, 3.05) is 0 Å². The zero-order valence-corrected chi connectivity index (χ0v) is 27.2. The van der Waals surface area contributed by atoms with Gasteiger partial charge in [0.15, 0.2) is 0 Å². The van der Waals surface area contributed by atoms with Crippen LogP contribution >= 0.6 is 0 Å². The maximum Gasteiger partial charge on any atom is 2.00 e. The molecule has 6 aliphatic carbocycles. The zero-order chi connectivity index (χ0) is 28.7. The summed E-state index contributed by atoms with van der Waals surface area (Å²) in [6.07, 6.45) is 15.6. The fourth-order valence-electron chi connectivity index (χ4n) is 10.0. The Labute approximate surface area is 267 Å². The Morgan fingerprint density at radius 2 is 1.05 bits per heavy atom. The van der Waals surface area contributed by atoms with Gasteiger partial charge in [-0.3, -0.25) is 0 Å². The topological polar surface area (TPSA) is 142 Å². The van der Waals surface area contributed by atoms with Gasteiger partial charge in [-0.05, 0) is 85.4 Å². The third kappa shape index (κ3) is 6.23. The molecule has 6 fully saturated rings. The normalized spacial score (nSPS) is 46.0. The van der Waals surface area contributed by atoms with E-state index in [9.17, 15) is 10.2 Å². The molecule has 0 amide bonds. The van der Waals surface area contributed by atoms with Crippen molar-refractivity contribution in [3.63, 3.8) is 0 Å². The van der Waals surface area contributed by atoms with Crippen LogP contribution in [-0.2, 0) is 42.0 Å². The molecule has 6 saturated carbocycles. The van der Waals surface area contributed by atoms with Crippen LogP contribution < -0.4 is 11.5 Å². The minimum absolute atomic E-state index is 0. The Morgan fingerprint density at radius 1 is 0.659 bits per heavy atom. The van der Waals surface area contributed by atoms with Crippen LogP contribution in [0.5, 0.6) is 0 Å². The Kier molecular flexibility index (Phi) is 10.8. The summed E-state index contributed by atoms with van der Waals surface area (Å²) in [6.45, 7) is 4.56. The Hall–Kier alpha value is -0.854. The van der Waals surface area contributed by atoms with Crippen LogP contribution in [0.15, 0.2) is 20.4 Å². The summed E-state index contributed by atoms with van der Waals surface area (Å²) in [4.78, 5) is 0. The molecule has 11 heteroatoms. The number of rotatable bonds is 2. The smallest absolute Gasteiger partial charge is 0.741 e. The first kappa shape index (κ1) is 33.0. The van der Waals surface area contributed by atoms with Crippen molar-refractivity contribution in [2.24, 2.45) is 79.2 Å². The summed E-state index contributed by atoms with van der Waals surface area (Å²) in [7, 11) is 0. The summed E-state index contributed by atoms with van der Waals surface area (Å²) in [5.74, 6) is 3.06. The van der Waals surface area contributed by atoms with Gasteiger partial charge in [0, 0.05) is 35.1 Å². The van der Waals surface area contributed by atoms with Crippen LogP contribution in [0, 0.1) is 47.3 Å². The van der Waals surface area contributed by atoms with Crippen LogP contribution in [0.25, 0.3) is 0 Å². The number of aliphatic hydroxyl groups is 2. The molecule has 6 N–H and O–H groups in total. The van der Waals surface area contributed by atoms with Gasteiger partial charge in [-0.2, -0.15) is 20.4 Å². The van der Waals surface area contributed by atoms with Gasteiger partial charge in [0.2, 0.25) is 0 Å². The van der Waals surface area contributed by atoms with Gasteiger partial charge in [-0.25, -0.2) is 0 Å². The quantitative estimate of drug-likeness (QED) is 0.152. The van der Waals surface area contributed by atoms with Crippen molar-refractivity contribution in [1.82, 2.24) is 0 Å². The van der Waals surface area contributed by atoms with Gasteiger partial charge < -0.3 is 46.9 Å². The number of hydrogen-bond donors (Lipinski definition) is 4. The van der Waals surface area contributed by atoms with Gasteiger partial charge in [0.1, 0.15) is 0 Å². The van der Waals surface area contributed by atoms with E-state index in [0.29, 0.717) is 35.5 Å². The minimum atomic E-state index is -0.570. The number of amidine groups is 2. The summed E-state index contributed by atoms with van der Waals surface area (Å²) < 4.78 is 0. The molecule has 4 bridgehead atoms. The van der Waals surface area contributed by atoms with E-state index >= 15 is 0 Å². The molecule has 0 heterocycles. The minimum Gasteiger partial charge on any atom is -0.741 e. The number of hydrogen-bond acceptors (Lipinski definition) is 8. The van der Waals surface area contributed by atoms with Crippen molar-refractivity contribution < 1.29 is 27.0 Å². The van der Waals surface area contributed by atoms with Gasteiger partial charge in [-0.15, -0.1) is 0 Å². The molecule has 0 aromatic rings. The van der Waals surface area contributed by atoms with Crippen LogP contribution in [0.3, 0.4) is 0 Å². The first-order valence-electron chi connectivity index (χ1n) is 15.7. The van der Waals surface area contributed by atoms with Gasteiger partial charge in [0.25, 0.3) is 0 Å². The monoisotopic (exact) mass is 647 g/mol. The molecular formula is C30H48CoN6O2S2. The fourth-order valence-corrected chi connectivity index (χ4v) is 10.1. The van der Waals surface area contributed by atoms with Crippen LogP contribution in [0.4, 0.5) is 0 Å². The predicted molar refractivity (Wildman–Crippen MR) is 167 cm³/mol. The van der Waals surface area contributed by atoms with E-state index in [1.165, 1.54) is 25.7 Å². The summed E-state index contributed by atoms with van der Waals surface area (Å²) in [5.41, 5.74) is 11.9. The molecule has 0 saturated heterocycles. The van der Waals surface area contributed by atoms with E-state index in [1.807, 2.05) is 0 Å². The first-order valence-corrected chi connectivity index (χ1v) is 16.5. The average molecular weight is 648 g/mol. The standard InChI is InChI=1S/2C15H25N3OS.Co/c2*1-9-10-5-4-7-12(13(10)17-18-14(16)20)15(19)8-3-2-6-11(9)15;/h2*9-12,19H,2-8H2,1H3,(H3,16,18,20);/q;;+2/p-2/b2*17-13-;. The summed E-state index contributed by atoms with van der Waals surface area (Å²) in [5, 5.41) is 39.4. The second-order valence-corrected chi connectivity index (χ2v) is 14.3.